The summed E-state index contributed by atoms with van der Waals surface area (Å²) in [4.78, 5) is 27.9. The van der Waals surface area contributed by atoms with Crippen LogP contribution in [0.15, 0.2) is 42.5 Å². The first kappa shape index (κ1) is 24.6. The maximum absolute atomic E-state index is 13.4. The summed E-state index contributed by atoms with van der Waals surface area (Å²) in [5.41, 5.74) is -3.11. The van der Waals surface area contributed by atoms with Crippen LogP contribution in [-0.2, 0) is 12.4 Å². The molecule has 0 bridgehead atoms. The molecule has 0 radical (unpaired) electrons. The van der Waals surface area contributed by atoms with Gasteiger partial charge in [0.05, 0.1) is 17.2 Å². The van der Waals surface area contributed by atoms with Gasteiger partial charge in [0.1, 0.15) is 5.82 Å². The molecule has 35 heavy (non-hydrogen) atoms. The normalized spacial score (nSPS) is 21.2. The minimum absolute atomic E-state index is 0.0167. The second-order valence-corrected chi connectivity index (χ2v) is 8.30. The molecule has 2 aliphatic rings. The molecular weight excluding hydrogens is 487 g/mol. The Bertz CT molecular complexity index is 1100. The highest BCUT2D eigenvalue weighted by Gasteiger charge is 2.46. The molecule has 2 atom stereocenters. The van der Waals surface area contributed by atoms with Crippen molar-refractivity contribution in [1.82, 2.24) is 9.80 Å². The van der Waals surface area contributed by atoms with Gasteiger partial charge in [-0.1, -0.05) is 12.1 Å². The van der Waals surface area contributed by atoms with E-state index in [1.165, 1.54) is 29.2 Å². The number of rotatable bonds is 3. The molecule has 2 aromatic rings. The minimum atomic E-state index is -5.07. The van der Waals surface area contributed by atoms with Gasteiger partial charge < -0.3 is 14.9 Å². The smallest absolute Gasteiger partial charge is 0.416 e. The number of benzene rings is 2. The molecule has 2 saturated heterocycles. The Balaban J connectivity index is 1.67. The summed E-state index contributed by atoms with van der Waals surface area (Å²) in [7, 11) is 0. The van der Waals surface area contributed by atoms with E-state index < -0.39 is 59.1 Å². The van der Waals surface area contributed by atoms with Gasteiger partial charge in [-0.15, -0.1) is 0 Å². The standard InChI is InChI=1S/C22H18F7N3O3/c23-15-3-1-12(2-4-15)17-10-30(20(34)35)11-18(17)32-6-5-31(19(32)33)16-8-13(21(24,25)26)7-14(9-16)22(27,28)29/h1-4,7-9,17-18H,5-6,10-11H2,(H,34,35)/t17-,18+/m0/s1. The minimum Gasteiger partial charge on any atom is -0.465 e. The Morgan fingerprint density at radius 2 is 1.46 bits per heavy atom. The van der Waals surface area contributed by atoms with Crippen LogP contribution in [0.5, 0.6) is 0 Å². The molecule has 2 aromatic carbocycles. The molecule has 0 unspecified atom stereocenters. The molecule has 0 aliphatic carbocycles. The number of nitrogens with zero attached hydrogens (tertiary/aromatic N) is 3. The number of anilines is 1. The lowest BCUT2D eigenvalue weighted by molar-refractivity contribution is -0.143. The number of hydrogen-bond acceptors (Lipinski definition) is 2. The van der Waals surface area contributed by atoms with E-state index in [0.717, 1.165) is 9.80 Å². The SMILES string of the molecule is O=C(O)N1C[C@@H](N2CCN(c3cc(C(F)(F)F)cc(C(F)(F)F)c3)C2=O)[C@H](c2ccc(F)cc2)C1. The second-order valence-electron chi connectivity index (χ2n) is 8.30. The van der Waals surface area contributed by atoms with E-state index in [0.29, 0.717) is 17.7 Å². The van der Waals surface area contributed by atoms with E-state index in [9.17, 15) is 45.4 Å². The van der Waals surface area contributed by atoms with Gasteiger partial charge in [-0.05, 0) is 35.9 Å². The zero-order valence-electron chi connectivity index (χ0n) is 17.8. The van der Waals surface area contributed by atoms with Crippen molar-refractivity contribution < 1.29 is 45.4 Å². The fraction of sp³-hybridized carbons (Fsp3) is 0.364. The highest BCUT2D eigenvalue weighted by molar-refractivity contribution is 5.94. The summed E-state index contributed by atoms with van der Waals surface area (Å²) < 4.78 is 92.9. The molecule has 1 N–H and O–H groups in total. The lowest BCUT2D eigenvalue weighted by Gasteiger charge is -2.29. The van der Waals surface area contributed by atoms with E-state index >= 15 is 0 Å². The molecular formula is C22H18F7N3O3. The van der Waals surface area contributed by atoms with Crippen LogP contribution in [0.2, 0.25) is 0 Å². The van der Waals surface area contributed by atoms with E-state index in [1.54, 1.807) is 0 Å². The van der Waals surface area contributed by atoms with Crippen molar-refractivity contribution in [2.24, 2.45) is 0 Å². The monoisotopic (exact) mass is 505 g/mol. The topological polar surface area (TPSA) is 64.1 Å². The fourth-order valence-corrected chi connectivity index (χ4v) is 4.49. The molecule has 4 rings (SSSR count). The van der Waals surface area contributed by atoms with Crippen LogP contribution in [0.3, 0.4) is 0 Å². The van der Waals surface area contributed by atoms with Gasteiger partial charge >= 0.3 is 24.5 Å². The quantitative estimate of drug-likeness (QED) is 0.580. The summed E-state index contributed by atoms with van der Waals surface area (Å²) in [5, 5.41) is 9.43. The third-order valence-electron chi connectivity index (χ3n) is 6.18. The summed E-state index contributed by atoms with van der Waals surface area (Å²) in [6.07, 6.45) is -11.4. The average Bonchev–Trinajstić information content (AvgIpc) is 3.36. The van der Waals surface area contributed by atoms with Gasteiger partial charge in [-0.25, -0.2) is 14.0 Å². The van der Waals surface area contributed by atoms with E-state index in [4.69, 9.17) is 0 Å². The van der Waals surface area contributed by atoms with Gasteiger partial charge in [0.15, 0.2) is 0 Å². The van der Waals surface area contributed by atoms with Gasteiger partial charge in [0.2, 0.25) is 0 Å². The number of urea groups is 1. The van der Waals surface area contributed by atoms with Crippen molar-refractivity contribution in [2.75, 3.05) is 31.1 Å². The molecule has 2 fully saturated rings. The van der Waals surface area contributed by atoms with Crippen LogP contribution in [0, 0.1) is 5.82 Å². The largest absolute Gasteiger partial charge is 0.465 e. The van der Waals surface area contributed by atoms with E-state index in [2.05, 4.69) is 0 Å². The molecule has 2 heterocycles. The lowest BCUT2D eigenvalue weighted by atomic mass is 9.93. The van der Waals surface area contributed by atoms with Crippen LogP contribution in [0.1, 0.15) is 22.6 Å². The maximum Gasteiger partial charge on any atom is 0.416 e. The van der Waals surface area contributed by atoms with E-state index in [-0.39, 0.29) is 32.2 Å². The first-order chi connectivity index (χ1) is 16.3. The third-order valence-corrected chi connectivity index (χ3v) is 6.18. The summed E-state index contributed by atoms with van der Waals surface area (Å²) in [6, 6.07) is 4.58. The lowest BCUT2D eigenvalue weighted by Crippen LogP contribution is -2.43. The molecule has 3 amide bonds. The Hall–Kier alpha value is -3.51. The van der Waals surface area contributed by atoms with Crippen LogP contribution in [0.4, 0.5) is 46.0 Å². The predicted molar refractivity (Wildman–Crippen MR) is 108 cm³/mol. The molecule has 0 spiro atoms. The van der Waals surface area contributed by atoms with Crippen molar-refractivity contribution in [3.63, 3.8) is 0 Å². The molecule has 13 heteroatoms. The number of hydrogen-bond donors (Lipinski definition) is 1. The highest BCUT2D eigenvalue weighted by Crippen LogP contribution is 2.40. The van der Waals surface area contributed by atoms with Gasteiger partial charge in [-0.3, -0.25) is 4.90 Å². The molecule has 188 valence electrons. The number of amides is 3. The zero-order chi connectivity index (χ0) is 25.7. The number of likely N-dealkylation sites (tertiary alicyclic amines) is 1. The first-order valence-electron chi connectivity index (χ1n) is 10.4. The maximum atomic E-state index is 13.4. The molecule has 6 nitrogen and oxygen atoms in total. The van der Waals surface area contributed by atoms with Gasteiger partial charge in [0.25, 0.3) is 0 Å². The summed E-state index contributed by atoms with van der Waals surface area (Å²) in [5.74, 6) is -1.09. The Labute approximate surface area is 194 Å². The summed E-state index contributed by atoms with van der Waals surface area (Å²) >= 11 is 0. The number of alkyl halides is 6. The number of halogens is 7. The van der Waals surface area contributed by atoms with Crippen LogP contribution < -0.4 is 4.90 Å². The fourth-order valence-electron chi connectivity index (χ4n) is 4.49. The van der Waals surface area contributed by atoms with Crippen molar-refractivity contribution in [3.8, 4) is 0 Å². The third kappa shape index (κ3) is 4.84. The zero-order valence-corrected chi connectivity index (χ0v) is 17.8. The van der Waals surface area contributed by atoms with Crippen molar-refractivity contribution >= 4 is 17.8 Å². The van der Waals surface area contributed by atoms with Crippen LogP contribution >= 0.6 is 0 Å². The number of carbonyl (C=O) groups is 2. The number of carboxylic acid groups (broad SMARTS) is 1. The second kappa shape index (κ2) is 8.61. The Morgan fingerprint density at radius 3 is 1.97 bits per heavy atom. The van der Waals surface area contributed by atoms with Crippen LogP contribution in [0.25, 0.3) is 0 Å². The Kier molecular flexibility index (Phi) is 6.05. The predicted octanol–water partition coefficient (Wildman–Crippen LogP) is 5.25. The van der Waals surface area contributed by atoms with E-state index in [1.807, 2.05) is 0 Å². The summed E-state index contributed by atoms with van der Waals surface area (Å²) in [6.45, 7) is -0.381. The molecule has 0 aromatic heterocycles. The average molecular weight is 505 g/mol. The van der Waals surface area contributed by atoms with Crippen molar-refractivity contribution in [1.29, 1.82) is 0 Å². The van der Waals surface area contributed by atoms with Crippen molar-refractivity contribution in [3.05, 3.63) is 65.0 Å². The van der Waals surface area contributed by atoms with Crippen LogP contribution in [-0.4, -0.2) is 59.3 Å². The van der Waals surface area contributed by atoms with Gasteiger partial charge in [0, 0.05) is 37.8 Å². The van der Waals surface area contributed by atoms with Gasteiger partial charge in [-0.2, -0.15) is 26.3 Å². The molecule has 2 aliphatic heterocycles. The Morgan fingerprint density at radius 1 is 0.886 bits per heavy atom. The highest BCUT2D eigenvalue weighted by atomic mass is 19.4. The first-order valence-corrected chi connectivity index (χ1v) is 10.4. The number of carbonyl (C=O) groups excluding carboxylic acids is 1. The van der Waals surface area contributed by atoms with Crippen molar-refractivity contribution in [2.45, 2.75) is 24.3 Å². The molecule has 0 saturated carbocycles.